The largest absolute Gasteiger partial charge is 0.463 e. The molecule has 90 valence electrons. The quantitative estimate of drug-likeness (QED) is 0.732. The van der Waals surface area contributed by atoms with E-state index in [-0.39, 0.29) is 17.9 Å². The zero-order valence-corrected chi connectivity index (χ0v) is 9.74. The van der Waals surface area contributed by atoms with Gasteiger partial charge in [0, 0.05) is 5.54 Å². The van der Waals surface area contributed by atoms with Gasteiger partial charge < -0.3 is 19.6 Å². The molecule has 16 heavy (non-hydrogen) atoms. The van der Waals surface area contributed by atoms with Crippen LogP contribution in [-0.4, -0.2) is 30.3 Å². The minimum atomic E-state index is -0.493. The molecule has 1 aromatic rings. The second-order valence-electron chi connectivity index (χ2n) is 4.15. The first kappa shape index (κ1) is 12.7. The number of carbonyl (C=O) groups excluding carboxylic acids is 1. The van der Waals surface area contributed by atoms with Crippen LogP contribution in [0.3, 0.4) is 0 Å². The molecule has 0 aliphatic carbocycles. The summed E-state index contributed by atoms with van der Waals surface area (Å²) >= 11 is 0. The molecule has 5 heteroatoms. The standard InChI is InChI=1S/C11H17NO4/c1-11(2,7-13)12-6-8-4-5-9(16-8)10(14)15-3/h4-5,12-13H,6-7H2,1-3H3. The molecule has 0 amide bonds. The van der Waals surface area contributed by atoms with Gasteiger partial charge in [0.1, 0.15) is 5.76 Å². The SMILES string of the molecule is COC(=O)c1ccc(CNC(C)(C)CO)o1. The van der Waals surface area contributed by atoms with Gasteiger partial charge in [-0.3, -0.25) is 0 Å². The van der Waals surface area contributed by atoms with Crippen molar-refractivity contribution in [1.82, 2.24) is 5.32 Å². The van der Waals surface area contributed by atoms with Gasteiger partial charge in [0.15, 0.2) is 0 Å². The van der Waals surface area contributed by atoms with Crippen molar-refractivity contribution < 1.29 is 19.1 Å². The number of rotatable bonds is 5. The number of esters is 1. The minimum absolute atomic E-state index is 0.0254. The molecule has 1 aromatic heterocycles. The number of carbonyl (C=O) groups is 1. The number of ether oxygens (including phenoxy) is 1. The number of aliphatic hydroxyl groups is 1. The van der Waals surface area contributed by atoms with Gasteiger partial charge in [0.2, 0.25) is 5.76 Å². The molecule has 0 spiro atoms. The van der Waals surface area contributed by atoms with Gasteiger partial charge >= 0.3 is 5.97 Å². The van der Waals surface area contributed by atoms with Crippen LogP contribution in [0.2, 0.25) is 0 Å². The van der Waals surface area contributed by atoms with Crippen LogP contribution in [0, 0.1) is 0 Å². The Bertz CT molecular complexity index is 357. The first-order valence-corrected chi connectivity index (χ1v) is 5.01. The van der Waals surface area contributed by atoms with Crippen LogP contribution < -0.4 is 5.32 Å². The van der Waals surface area contributed by atoms with Crippen LogP contribution in [0.5, 0.6) is 0 Å². The van der Waals surface area contributed by atoms with Crippen LogP contribution >= 0.6 is 0 Å². The number of furan rings is 1. The van der Waals surface area contributed by atoms with Crippen LogP contribution in [0.25, 0.3) is 0 Å². The molecule has 0 atom stereocenters. The van der Waals surface area contributed by atoms with Crippen LogP contribution in [-0.2, 0) is 11.3 Å². The van der Waals surface area contributed by atoms with E-state index in [1.807, 2.05) is 13.8 Å². The molecule has 0 fully saturated rings. The molecule has 5 nitrogen and oxygen atoms in total. The van der Waals surface area contributed by atoms with E-state index in [0.29, 0.717) is 12.3 Å². The zero-order chi connectivity index (χ0) is 12.2. The topological polar surface area (TPSA) is 71.7 Å². The average molecular weight is 227 g/mol. The Balaban J connectivity index is 2.56. The second kappa shape index (κ2) is 5.14. The second-order valence-corrected chi connectivity index (χ2v) is 4.15. The maximum absolute atomic E-state index is 11.1. The Morgan fingerprint density at radius 2 is 2.25 bits per heavy atom. The van der Waals surface area contributed by atoms with Crippen molar-refractivity contribution in [3.8, 4) is 0 Å². The summed E-state index contributed by atoms with van der Waals surface area (Å²) < 4.78 is 9.78. The highest BCUT2D eigenvalue weighted by Gasteiger charge is 2.17. The summed E-state index contributed by atoms with van der Waals surface area (Å²) in [6.45, 7) is 4.22. The van der Waals surface area contributed by atoms with Gasteiger partial charge in [0.05, 0.1) is 20.3 Å². The molecule has 2 N–H and O–H groups in total. The highest BCUT2D eigenvalue weighted by Crippen LogP contribution is 2.10. The maximum atomic E-state index is 11.1. The number of methoxy groups -OCH3 is 1. The lowest BCUT2D eigenvalue weighted by Gasteiger charge is -2.22. The number of nitrogens with one attached hydrogen (secondary N) is 1. The molecule has 0 saturated carbocycles. The molecule has 0 aromatic carbocycles. The van der Waals surface area contributed by atoms with Crippen molar-refractivity contribution in [2.45, 2.75) is 25.9 Å². The van der Waals surface area contributed by atoms with E-state index in [0.717, 1.165) is 0 Å². The third kappa shape index (κ3) is 3.36. The van der Waals surface area contributed by atoms with Gasteiger partial charge in [-0.15, -0.1) is 0 Å². The molecule has 0 unspecified atom stereocenters. The summed E-state index contributed by atoms with van der Waals surface area (Å²) in [6, 6.07) is 3.27. The molecule has 0 bridgehead atoms. The predicted octanol–water partition coefficient (Wildman–Crippen LogP) is 0.927. The maximum Gasteiger partial charge on any atom is 0.373 e. The molecule has 0 aliphatic heterocycles. The smallest absolute Gasteiger partial charge is 0.373 e. The fourth-order valence-corrected chi connectivity index (χ4v) is 1.07. The van der Waals surface area contributed by atoms with Crippen molar-refractivity contribution in [2.24, 2.45) is 0 Å². The molecule has 1 heterocycles. The lowest BCUT2D eigenvalue weighted by Crippen LogP contribution is -2.41. The van der Waals surface area contributed by atoms with Crippen molar-refractivity contribution in [2.75, 3.05) is 13.7 Å². The fourth-order valence-electron chi connectivity index (χ4n) is 1.07. The van der Waals surface area contributed by atoms with E-state index in [9.17, 15) is 4.79 Å². The summed E-state index contributed by atoms with van der Waals surface area (Å²) in [5, 5.41) is 12.1. The van der Waals surface area contributed by atoms with Crippen LogP contribution in [0.15, 0.2) is 16.5 Å². The van der Waals surface area contributed by atoms with Gasteiger partial charge in [-0.1, -0.05) is 0 Å². The van der Waals surface area contributed by atoms with E-state index in [4.69, 9.17) is 9.52 Å². The molecule has 0 radical (unpaired) electrons. The first-order valence-electron chi connectivity index (χ1n) is 5.01. The summed E-state index contributed by atoms with van der Waals surface area (Å²) in [7, 11) is 1.30. The monoisotopic (exact) mass is 227 g/mol. The van der Waals surface area contributed by atoms with Gasteiger partial charge in [-0.2, -0.15) is 0 Å². The van der Waals surface area contributed by atoms with Gasteiger partial charge in [0.25, 0.3) is 0 Å². The van der Waals surface area contributed by atoms with E-state index < -0.39 is 5.97 Å². The number of aliphatic hydroxyl groups excluding tert-OH is 1. The van der Waals surface area contributed by atoms with Crippen molar-refractivity contribution in [3.63, 3.8) is 0 Å². The average Bonchev–Trinajstić information content (AvgIpc) is 2.74. The summed E-state index contributed by atoms with van der Waals surface area (Å²) in [5.41, 5.74) is -0.377. The number of hydrogen-bond acceptors (Lipinski definition) is 5. The predicted molar refractivity (Wildman–Crippen MR) is 58.1 cm³/mol. The van der Waals surface area contributed by atoms with Crippen LogP contribution in [0.4, 0.5) is 0 Å². The Morgan fingerprint density at radius 3 is 2.81 bits per heavy atom. The molecular formula is C11H17NO4. The van der Waals surface area contributed by atoms with E-state index >= 15 is 0 Å². The van der Waals surface area contributed by atoms with E-state index in [1.54, 1.807) is 12.1 Å². The Labute approximate surface area is 94.4 Å². The van der Waals surface area contributed by atoms with E-state index in [1.165, 1.54) is 7.11 Å². The Hall–Kier alpha value is -1.33. The Kier molecular flexibility index (Phi) is 4.09. The molecule has 0 saturated heterocycles. The van der Waals surface area contributed by atoms with E-state index in [2.05, 4.69) is 10.1 Å². The molecular weight excluding hydrogens is 210 g/mol. The third-order valence-corrected chi connectivity index (χ3v) is 2.18. The Morgan fingerprint density at radius 1 is 1.56 bits per heavy atom. The third-order valence-electron chi connectivity index (χ3n) is 2.18. The highest BCUT2D eigenvalue weighted by molar-refractivity contribution is 5.86. The lowest BCUT2D eigenvalue weighted by atomic mass is 10.1. The first-order chi connectivity index (χ1) is 7.48. The van der Waals surface area contributed by atoms with Crippen molar-refractivity contribution in [3.05, 3.63) is 23.7 Å². The minimum Gasteiger partial charge on any atom is -0.463 e. The highest BCUT2D eigenvalue weighted by atomic mass is 16.5. The van der Waals surface area contributed by atoms with Gasteiger partial charge in [-0.05, 0) is 26.0 Å². The summed E-state index contributed by atoms with van der Waals surface area (Å²) in [6.07, 6.45) is 0. The molecule has 0 aliphatic rings. The summed E-state index contributed by atoms with van der Waals surface area (Å²) in [5.74, 6) is 0.315. The lowest BCUT2D eigenvalue weighted by molar-refractivity contribution is 0.0562. The van der Waals surface area contributed by atoms with Crippen LogP contribution in [0.1, 0.15) is 30.2 Å². The zero-order valence-electron chi connectivity index (χ0n) is 9.74. The normalized spacial score (nSPS) is 11.5. The molecule has 1 rings (SSSR count). The fraction of sp³-hybridized carbons (Fsp3) is 0.545. The van der Waals surface area contributed by atoms with Crippen molar-refractivity contribution >= 4 is 5.97 Å². The number of hydrogen-bond donors (Lipinski definition) is 2. The summed E-state index contributed by atoms with van der Waals surface area (Å²) in [4.78, 5) is 11.1. The van der Waals surface area contributed by atoms with Crippen molar-refractivity contribution in [1.29, 1.82) is 0 Å². The van der Waals surface area contributed by atoms with Gasteiger partial charge in [-0.25, -0.2) is 4.79 Å².